The molecule has 0 spiro atoms. The molecule has 2 aliphatic rings. The minimum atomic E-state index is -1.79. The summed E-state index contributed by atoms with van der Waals surface area (Å²) in [4.78, 5) is 13.2. The second-order valence-electron chi connectivity index (χ2n) is 20.8. The van der Waals surface area contributed by atoms with Gasteiger partial charge < -0.3 is 65.1 Å². The van der Waals surface area contributed by atoms with Crippen LogP contribution in [0.2, 0.25) is 0 Å². The zero-order valence-corrected chi connectivity index (χ0v) is 44.7. The second kappa shape index (κ2) is 43.7. The summed E-state index contributed by atoms with van der Waals surface area (Å²) < 4.78 is 22.8. The van der Waals surface area contributed by atoms with E-state index in [0.29, 0.717) is 6.42 Å². The number of amides is 1. The molecule has 2 aliphatic heterocycles. The Hall–Kier alpha value is -1.53. The standard InChI is InChI=1S/C57H107NO13/c1-3-5-7-9-11-13-15-17-19-20-21-22-23-24-25-27-28-30-32-34-36-38-40-46(61)45(58-49(62)41-39-37-35-33-31-29-26-18-16-14-12-10-8-6-4-2)44-68-56-54(67)52(65)55(48(43-60)70-56)71-57-53(66)51(64)50(63)47(42-59)69-57/h18,26,38,40,45-48,50-57,59-61,63-67H,3-17,19-25,27-37,39,41-44H2,1-2H3,(H,58,62)/b26-18-,40-38+. The van der Waals surface area contributed by atoms with Gasteiger partial charge in [0.05, 0.1) is 32.0 Å². The Morgan fingerprint density at radius 1 is 0.493 bits per heavy atom. The van der Waals surface area contributed by atoms with Crippen LogP contribution in [0.3, 0.4) is 0 Å². The van der Waals surface area contributed by atoms with Gasteiger partial charge in [0.2, 0.25) is 5.91 Å². The minimum absolute atomic E-state index is 0.246. The maximum Gasteiger partial charge on any atom is 0.220 e. The molecule has 0 aromatic heterocycles. The smallest absolute Gasteiger partial charge is 0.220 e. The maximum atomic E-state index is 13.2. The zero-order chi connectivity index (χ0) is 51.7. The fraction of sp³-hybridized carbons (Fsp3) is 0.912. The topological polar surface area (TPSA) is 228 Å². The molecule has 2 heterocycles. The van der Waals surface area contributed by atoms with Crippen molar-refractivity contribution in [2.75, 3.05) is 19.8 Å². The van der Waals surface area contributed by atoms with Crippen molar-refractivity contribution in [3.63, 3.8) is 0 Å². The molecule has 418 valence electrons. The first-order valence-corrected chi connectivity index (χ1v) is 29.1. The Labute approximate surface area is 430 Å². The average Bonchev–Trinajstić information content (AvgIpc) is 3.37. The van der Waals surface area contributed by atoms with E-state index in [0.717, 1.165) is 57.8 Å². The molecule has 1 amide bonds. The van der Waals surface area contributed by atoms with E-state index in [1.807, 2.05) is 6.08 Å². The number of carbonyl (C=O) groups excluding carboxylic acids is 1. The largest absolute Gasteiger partial charge is 0.394 e. The predicted molar refractivity (Wildman–Crippen MR) is 282 cm³/mol. The normalized spacial score (nSPS) is 25.9. The van der Waals surface area contributed by atoms with Gasteiger partial charge in [0.15, 0.2) is 12.6 Å². The lowest BCUT2D eigenvalue weighted by atomic mass is 9.97. The number of aliphatic hydroxyl groups is 8. The number of aliphatic hydroxyl groups excluding tert-OH is 8. The number of carbonyl (C=O) groups is 1. The summed E-state index contributed by atoms with van der Waals surface area (Å²) in [7, 11) is 0. The van der Waals surface area contributed by atoms with Crippen LogP contribution < -0.4 is 5.32 Å². The third-order valence-corrected chi connectivity index (χ3v) is 14.4. The summed E-state index contributed by atoms with van der Waals surface area (Å²) in [6, 6.07) is -0.916. The molecular formula is C57H107NO13. The highest BCUT2D eigenvalue weighted by atomic mass is 16.7. The highest BCUT2D eigenvalue weighted by molar-refractivity contribution is 5.76. The van der Waals surface area contributed by atoms with Crippen molar-refractivity contribution in [2.24, 2.45) is 0 Å². The Bertz CT molecular complexity index is 1290. The highest BCUT2D eigenvalue weighted by Crippen LogP contribution is 2.30. The third-order valence-electron chi connectivity index (χ3n) is 14.4. The zero-order valence-electron chi connectivity index (χ0n) is 44.7. The number of nitrogens with one attached hydrogen (secondary N) is 1. The van der Waals surface area contributed by atoms with Gasteiger partial charge in [-0.05, 0) is 44.9 Å². The van der Waals surface area contributed by atoms with E-state index >= 15 is 0 Å². The first kappa shape index (κ1) is 65.6. The van der Waals surface area contributed by atoms with Crippen LogP contribution in [0, 0.1) is 0 Å². The van der Waals surface area contributed by atoms with Crippen molar-refractivity contribution >= 4 is 5.91 Å². The number of unbranched alkanes of at least 4 members (excludes halogenated alkanes) is 31. The minimum Gasteiger partial charge on any atom is -0.394 e. The van der Waals surface area contributed by atoms with Crippen molar-refractivity contribution in [1.82, 2.24) is 5.32 Å². The molecule has 0 aromatic carbocycles. The molecule has 0 saturated carbocycles. The molecule has 2 fully saturated rings. The molecule has 12 atom stereocenters. The molecule has 0 radical (unpaired) electrons. The second-order valence-corrected chi connectivity index (χ2v) is 20.8. The Balaban J connectivity index is 1.78. The van der Waals surface area contributed by atoms with Crippen molar-refractivity contribution in [2.45, 2.75) is 312 Å². The van der Waals surface area contributed by atoms with Crippen LogP contribution in [0.5, 0.6) is 0 Å². The van der Waals surface area contributed by atoms with Crippen LogP contribution in [-0.4, -0.2) is 140 Å². The molecule has 14 nitrogen and oxygen atoms in total. The molecule has 71 heavy (non-hydrogen) atoms. The summed E-state index contributed by atoms with van der Waals surface area (Å²) in [6.45, 7) is 2.80. The number of rotatable bonds is 46. The summed E-state index contributed by atoms with van der Waals surface area (Å²) in [6.07, 6.45) is 33.6. The van der Waals surface area contributed by atoms with Crippen LogP contribution in [-0.2, 0) is 23.7 Å². The predicted octanol–water partition coefficient (Wildman–Crippen LogP) is 9.28. The van der Waals surface area contributed by atoms with E-state index in [4.69, 9.17) is 18.9 Å². The molecule has 0 aliphatic carbocycles. The van der Waals surface area contributed by atoms with E-state index in [1.54, 1.807) is 6.08 Å². The first-order valence-electron chi connectivity index (χ1n) is 29.1. The average molecular weight is 1010 g/mol. The van der Waals surface area contributed by atoms with Crippen molar-refractivity contribution in [3.05, 3.63) is 24.3 Å². The molecule has 14 heteroatoms. The quantitative estimate of drug-likeness (QED) is 0.0205. The fourth-order valence-corrected chi connectivity index (χ4v) is 9.64. The lowest BCUT2D eigenvalue weighted by molar-refractivity contribution is -0.359. The summed E-state index contributed by atoms with van der Waals surface area (Å²) in [5.74, 6) is -0.246. The van der Waals surface area contributed by atoms with Gasteiger partial charge in [0.1, 0.15) is 48.8 Å². The molecular weight excluding hydrogens is 907 g/mol. The van der Waals surface area contributed by atoms with E-state index in [2.05, 4.69) is 31.3 Å². The number of allylic oxidation sites excluding steroid dienone is 3. The molecule has 2 saturated heterocycles. The summed E-state index contributed by atoms with van der Waals surface area (Å²) in [5.41, 5.74) is 0. The third kappa shape index (κ3) is 30.0. The summed E-state index contributed by atoms with van der Waals surface area (Å²) in [5, 5.41) is 87.0. The van der Waals surface area contributed by atoms with Gasteiger partial charge in [-0.3, -0.25) is 4.79 Å². The number of hydrogen-bond acceptors (Lipinski definition) is 13. The maximum absolute atomic E-state index is 13.2. The summed E-state index contributed by atoms with van der Waals surface area (Å²) >= 11 is 0. The van der Waals surface area contributed by atoms with Gasteiger partial charge in [-0.1, -0.05) is 212 Å². The molecule has 0 aromatic rings. The van der Waals surface area contributed by atoms with Crippen LogP contribution in [0.1, 0.15) is 239 Å². The monoisotopic (exact) mass is 1010 g/mol. The van der Waals surface area contributed by atoms with Crippen molar-refractivity contribution in [3.8, 4) is 0 Å². The van der Waals surface area contributed by atoms with Gasteiger partial charge in [-0.15, -0.1) is 0 Å². The van der Waals surface area contributed by atoms with Crippen LogP contribution in [0.15, 0.2) is 24.3 Å². The SMILES string of the molecule is CCCCCCCC/C=C\CCCCCCCC(=O)NC(COC1OC(CO)C(OC2OC(CO)C(O)C(O)C2O)C(O)C1O)C(O)/C=C/CCCCCCCCCCCCCCCCCCCCCC. The first-order chi connectivity index (χ1) is 34.6. The molecule has 2 rings (SSSR count). The van der Waals surface area contributed by atoms with Crippen molar-refractivity contribution < 1.29 is 64.6 Å². The lowest BCUT2D eigenvalue weighted by Gasteiger charge is -2.46. The number of ether oxygens (including phenoxy) is 4. The van der Waals surface area contributed by atoms with Gasteiger partial charge in [-0.2, -0.15) is 0 Å². The lowest BCUT2D eigenvalue weighted by Crippen LogP contribution is -2.65. The highest BCUT2D eigenvalue weighted by Gasteiger charge is 2.51. The van der Waals surface area contributed by atoms with Gasteiger partial charge in [0.25, 0.3) is 0 Å². The van der Waals surface area contributed by atoms with Crippen molar-refractivity contribution in [1.29, 1.82) is 0 Å². The Morgan fingerprint density at radius 2 is 0.887 bits per heavy atom. The van der Waals surface area contributed by atoms with E-state index in [-0.39, 0.29) is 18.9 Å². The van der Waals surface area contributed by atoms with E-state index < -0.39 is 86.8 Å². The Kier molecular flexibility index (Phi) is 40.4. The van der Waals surface area contributed by atoms with Gasteiger partial charge in [-0.25, -0.2) is 0 Å². The molecule has 9 N–H and O–H groups in total. The van der Waals surface area contributed by atoms with Gasteiger partial charge >= 0.3 is 0 Å². The van der Waals surface area contributed by atoms with Crippen LogP contribution in [0.4, 0.5) is 0 Å². The van der Waals surface area contributed by atoms with Crippen LogP contribution >= 0.6 is 0 Å². The Morgan fingerprint density at radius 3 is 1.34 bits per heavy atom. The van der Waals surface area contributed by atoms with Crippen LogP contribution in [0.25, 0.3) is 0 Å². The molecule has 12 unspecified atom stereocenters. The van der Waals surface area contributed by atoms with Gasteiger partial charge in [0, 0.05) is 6.42 Å². The fourth-order valence-electron chi connectivity index (χ4n) is 9.64. The van der Waals surface area contributed by atoms with E-state index in [9.17, 15) is 45.6 Å². The van der Waals surface area contributed by atoms with E-state index in [1.165, 1.54) is 154 Å². The number of hydrogen-bond donors (Lipinski definition) is 9. The molecule has 0 bridgehead atoms.